The van der Waals surface area contributed by atoms with Gasteiger partial charge in [-0.15, -0.1) is 0 Å². The van der Waals surface area contributed by atoms with Gasteiger partial charge in [-0.05, 0) is 24.5 Å². The molecule has 3 rings (SSSR count). The van der Waals surface area contributed by atoms with Gasteiger partial charge in [0.05, 0.1) is 25.0 Å². The van der Waals surface area contributed by atoms with Crippen molar-refractivity contribution < 1.29 is 14.3 Å². The number of amides is 1. The summed E-state index contributed by atoms with van der Waals surface area (Å²) in [5.41, 5.74) is 0.831. The average Bonchev–Trinajstić information content (AvgIpc) is 2.94. The van der Waals surface area contributed by atoms with Crippen molar-refractivity contribution >= 4 is 11.6 Å². The van der Waals surface area contributed by atoms with E-state index in [0.29, 0.717) is 12.5 Å². The molecule has 2 aromatic rings. The highest BCUT2D eigenvalue weighted by atomic mass is 16.3. The van der Waals surface area contributed by atoms with Crippen molar-refractivity contribution in [3.63, 3.8) is 0 Å². The number of aliphatic hydroxyl groups excluding tert-OH is 1. The number of carbonyl (C=O) groups is 1. The molecule has 2 atom stereocenters. The van der Waals surface area contributed by atoms with E-state index in [1.807, 2.05) is 6.07 Å². The van der Waals surface area contributed by atoms with Crippen molar-refractivity contribution in [2.45, 2.75) is 32.4 Å². The van der Waals surface area contributed by atoms with Crippen molar-refractivity contribution in [1.29, 1.82) is 0 Å². The summed E-state index contributed by atoms with van der Waals surface area (Å²) in [4.78, 5) is 11.5. The Labute approximate surface area is 134 Å². The minimum Gasteiger partial charge on any atom is -0.464 e. The van der Waals surface area contributed by atoms with Gasteiger partial charge in [0.1, 0.15) is 18.1 Å². The molecule has 2 heterocycles. The normalized spacial score (nSPS) is 19.6. The number of nitrogens with one attached hydrogen (secondary N) is 2. The summed E-state index contributed by atoms with van der Waals surface area (Å²) in [5, 5.41) is 18.6. The van der Waals surface area contributed by atoms with Crippen LogP contribution in [0.4, 0.5) is 5.69 Å². The van der Waals surface area contributed by atoms with Gasteiger partial charge in [-0.1, -0.05) is 6.92 Å². The van der Waals surface area contributed by atoms with Gasteiger partial charge in [-0.2, -0.15) is 5.10 Å². The van der Waals surface area contributed by atoms with E-state index in [4.69, 9.17) is 9.52 Å². The van der Waals surface area contributed by atoms with Gasteiger partial charge in [-0.25, -0.2) is 0 Å². The summed E-state index contributed by atoms with van der Waals surface area (Å²) >= 11 is 0. The second kappa shape index (κ2) is 6.87. The first-order valence-corrected chi connectivity index (χ1v) is 7.88. The molecule has 7 heteroatoms. The van der Waals surface area contributed by atoms with Gasteiger partial charge < -0.3 is 20.2 Å². The van der Waals surface area contributed by atoms with E-state index in [9.17, 15) is 4.79 Å². The zero-order valence-electron chi connectivity index (χ0n) is 13.2. The van der Waals surface area contributed by atoms with E-state index >= 15 is 0 Å². The van der Waals surface area contributed by atoms with Gasteiger partial charge in [0.25, 0.3) is 0 Å². The van der Waals surface area contributed by atoms with Crippen LogP contribution >= 0.6 is 0 Å². The summed E-state index contributed by atoms with van der Waals surface area (Å²) in [5.74, 6) is 3.11. The van der Waals surface area contributed by atoms with Gasteiger partial charge in [-0.3, -0.25) is 9.48 Å². The van der Waals surface area contributed by atoms with Gasteiger partial charge in [0, 0.05) is 18.7 Å². The molecule has 0 aliphatic heterocycles. The fourth-order valence-electron chi connectivity index (χ4n) is 2.54. The first-order chi connectivity index (χ1) is 11.2. The number of rotatable bonds is 8. The zero-order chi connectivity index (χ0) is 16.2. The Morgan fingerprint density at radius 2 is 2.35 bits per heavy atom. The van der Waals surface area contributed by atoms with Crippen LogP contribution in [0, 0.1) is 5.92 Å². The lowest BCUT2D eigenvalue weighted by atomic mass is 10.3. The molecule has 1 aliphatic carbocycles. The lowest BCUT2D eigenvalue weighted by Crippen LogP contribution is -2.30. The van der Waals surface area contributed by atoms with E-state index < -0.39 is 0 Å². The Kier molecular flexibility index (Phi) is 4.66. The third-order valence-corrected chi connectivity index (χ3v) is 4.00. The number of furan rings is 1. The van der Waals surface area contributed by atoms with Crippen molar-refractivity contribution in [3.8, 4) is 0 Å². The lowest BCUT2D eigenvalue weighted by Gasteiger charge is -2.03. The summed E-state index contributed by atoms with van der Waals surface area (Å²) in [6.07, 6.45) is 4.66. The molecular weight excluding hydrogens is 296 g/mol. The van der Waals surface area contributed by atoms with Crippen LogP contribution in [-0.4, -0.2) is 33.9 Å². The molecule has 1 aliphatic rings. The molecule has 0 bridgehead atoms. The van der Waals surface area contributed by atoms with Crippen molar-refractivity contribution in [3.05, 3.63) is 36.0 Å². The molecule has 0 radical (unpaired) electrons. The van der Waals surface area contributed by atoms with Crippen molar-refractivity contribution in [2.24, 2.45) is 5.92 Å². The number of anilines is 1. The molecule has 0 spiro atoms. The topological polar surface area (TPSA) is 92.3 Å². The predicted octanol–water partition coefficient (Wildman–Crippen LogP) is 1.32. The number of aliphatic hydroxyl groups is 1. The monoisotopic (exact) mass is 318 g/mol. The molecular formula is C16H22N4O3. The Hall–Kier alpha value is -2.28. The third kappa shape index (κ3) is 4.13. The average molecular weight is 318 g/mol. The Bertz CT molecular complexity index is 664. The number of hydrogen-bond donors (Lipinski definition) is 3. The second-order valence-corrected chi connectivity index (χ2v) is 5.98. The van der Waals surface area contributed by atoms with E-state index in [-0.39, 0.29) is 25.6 Å². The molecule has 124 valence electrons. The van der Waals surface area contributed by atoms with Crippen molar-refractivity contribution in [2.75, 3.05) is 18.5 Å². The highest BCUT2D eigenvalue weighted by Crippen LogP contribution is 2.47. The Morgan fingerprint density at radius 3 is 3.09 bits per heavy atom. The number of aromatic nitrogens is 2. The SMILES string of the molecule is CC1CC1c1ccc(CNc2cnn(CC(=O)NCCO)c2)o1. The molecule has 2 aromatic heterocycles. The summed E-state index contributed by atoms with van der Waals surface area (Å²) in [6.45, 7) is 3.14. The van der Waals surface area contributed by atoms with Gasteiger partial charge in [0.15, 0.2) is 0 Å². The minimum absolute atomic E-state index is 0.0670. The molecule has 1 fully saturated rings. The van der Waals surface area contributed by atoms with Crippen LogP contribution in [-0.2, 0) is 17.9 Å². The maximum Gasteiger partial charge on any atom is 0.241 e. The van der Waals surface area contributed by atoms with E-state index in [2.05, 4.69) is 28.7 Å². The van der Waals surface area contributed by atoms with Gasteiger partial charge in [0.2, 0.25) is 5.91 Å². The van der Waals surface area contributed by atoms with E-state index in [0.717, 1.165) is 23.1 Å². The molecule has 2 unspecified atom stereocenters. The van der Waals surface area contributed by atoms with E-state index in [1.54, 1.807) is 17.1 Å². The zero-order valence-corrected chi connectivity index (χ0v) is 13.2. The van der Waals surface area contributed by atoms with Crippen LogP contribution < -0.4 is 10.6 Å². The van der Waals surface area contributed by atoms with Crippen LogP contribution in [0.15, 0.2) is 28.9 Å². The van der Waals surface area contributed by atoms with Crippen LogP contribution in [0.25, 0.3) is 0 Å². The highest BCUT2D eigenvalue weighted by molar-refractivity contribution is 5.75. The maximum atomic E-state index is 11.5. The lowest BCUT2D eigenvalue weighted by molar-refractivity contribution is -0.122. The van der Waals surface area contributed by atoms with Crippen molar-refractivity contribution in [1.82, 2.24) is 15.1 Å². The molecule has 1 saturated carbocycles. The first kappa shape index (κ1) is 15.6. The van der Waals surface area contributed by atoms with Gasteiger partial charge >= 0.3 is 0 Å². The number of hydrogen-bond acceptors (Lipinski definition) is 5. The summed E-state index contributed by atoms with van der Waals surface area (Å²) in [7, 11) is 0. The third-order valence-electron chi connectivity index (χ3n) is 4.00. The largest absolute Gasteiger partial charge is 0.464 e. The molecule has 1 amide bonds. The van der Waals surface area contributed by atoms with E-state index in [1.165, 1.54) is 6.42 Å². The number of carbonyl (C=O) groups excluding carboxylic acids is 1. The molecule has 7 nitrogen and oxygen atoms in total. The standard InChI is InChI=1S/C16H22N4O3/c1-11-6-14(11)15-3-2-13(23-15)8-18-12-7-19-20(9-12)10-16(22)17-4-5-21/h2-3,7,9,11,14,18,21H,4-6,8,10H2,1H3,(H,17,22). The second-order valence-electron chi connectivity index (χ2n) is 5.98. The maximum absolute atomic E-state index is 11.5. The smallest absolute Gasteiger partial charge is 0.241 e. The van der Waals surface area contributed by atoms with Crippen LogP contribution in [0.5, 0.6) is 0 Å². The molecule has 0 saturated heterocycles. The van der Waals surface area contributed by atoms with Crippen LogP contribution in [0.1, 0.15) is 30.8 Å². The minimum atomic E-state index is -0.178. The predicted molar refractivity (Wildman–Crippen MR) is 84.9 cm³/mol. The fraction of sp³-hybridized carbons (Fsp3) is 0.500. The molecule has 3 N–H and O–H groups in total. The van der Waals surface area contributed by atoms with Crippen LogP contribution in [0.3, 0.4) is 0 Å². The summed E-state index contributed by atoms with van der Waals surface area (Å²) < 4.78 is 7.39. The Morgan fingerprint density at radius 1 is 1.52 bits per heavy atom. The Balaban J connectivity index is 1.47. The number of nitrogens with zero attached hydrogens (tertiary/aromatic N) is 2. The summed E-state index contributed by atoms with van der Waals surface area (Å²) in [6, 6.07) is 4.06. The van der Waals surface area contributed by atoms with Crippen LogP contribution in [0.2, 0.25) is 0 Å². The fourth-order valence-corrected chi connectivity index (χ4v) is 2.54. The quantitative estimate of drug-likeness (QED) is 0.683. The molecule has 0 aromatic carbocycles. The highest BCUT2D eigenvalue weighted by Gasteiger charge is 2.36. The first-order valence-electron chi connectivity index (χ1n) is 7.88. The molecule has 23 heavy (non-hydrogen) atoms.